The molecular formula is C20H27N3O3S. The zero-order valence-electron chi connectivity index (χ0n) is 16.2. The molecule has 1 aromatic heterocycles. The molecule has 0 atom stereocenters. The van der Waals surface area contributed by atoms with E-state index in [9.17, 15) is 9.59 Å². The van der Waals surface area contributed by atoms with Gasteiger partial charge in [-0.2, -0.15) is 0 Å². The average molecular weight is 390 g/mol. The van der Waals surface area contributed by atoms with Gasteiger partial charge >= 0.3 is 6.09 Å². The van der Waals surface area contributed by atoms with Crippen LogP contribution in [-0.2, 0) is 9.53 Å². The number of rotatable bonds is 4. The van der Waals surface area contributed by atoms with Crippen LogP contribution in [0, 0.1) is 0 Å². The van der Waals surface area contributed by atoms with Gasteiger partial charge in [-0.3, -0.25) is 4.79 Å². The van der Waals surface area contributed by atoms with Crippen molar-refractivity contribution in [2.45, 2.75) is 51.6 Å². The van der Waals surface area contributed by atoms with Gasteiger partial charge in [0.1, 0.15) is 5.60 Å². The van der Waals surface area contributed by atoms with E-state index in [1.165, 1.54) is 9.71 Å². The second-order valence-electron chi connectivity index (χ2n) is 7.85. The quantitative estimate of drug-likeness (QED) is 0.860. The first-order valence-corrected chi connectivity index (χ1v) is 10.2. The Bertz CT molecular complexity index is 771. The second-order valence-corrected chi connectivity index (χ2v) is 8.92. The maximum atomic E-state index is 12.4. The van der Waals surface area contributed by atoms with E-state index >= 15 is 0 Å². The summed E-state index contributed by atoms with van der Waals surface area (Å²) in [5.74, 6) is 0.500. The number of nitrogens with zero attached hydrogens (tertiary/aromatic N) is 2. The van der Waals surface area contributed by atoms with Gasteiger partial charge in [0.15, 0.2) is 0 Å². The molecule has 0 aliphatic carbocycles. The van der Waals surface area contributed by atoms with E-state index in [1.54, 1.807) is 11.3 Å². The molecule has 0 bridgehead atoms. The molecule has 1 aliphatic rings. The fourth-order valence-electron chi connectivity index (χ4n) is 3.18. The Morgan fingerprint density at radius 2 is 1.96 bits per heavy atom. The van der Waals surface area contributed by atoms with Gasteiger partial charge < -0.3 is 15.0 Å². The maximum absolute atomic E-state index is 12.4. The average Bonchev–Trinajstić information content (AvgIpc) is 3.04. The Kier molecular flexibility index (Phi) is 5.99. The van der Waals surface area contributed by atoms with Crippen LogP contribution in [0.15, 0.2) is 24.3 Å². The molecular weight excluding hydrogens is 362 g/mol. The number of piperidine rings is 1. The summed E-state index contributed by atoms with van der Waals surface area (Å²) in [4.78, 5) is 30.6. The number of hydrogen-bond acceptors (Lipinski definition) is 5. The van der Waals surface area contributed by atoms with Crippen molar-refractivity contribution >= 4 is 33.6 Å². The van der Waals surface area contributed by atoms with Crippen LogP contribution in [0.3, 0.4) is 0 Å². The van der Waals surface area contributed by atoms with Crippen LogP contribution in [0.1, 0.15) is 51.0 Å². The zero-order chi connectivity index (χ0) is 19.4. The van der Waals surface area contributed by atoms with Gasteiger partial charge in [-0.25, -0.2) is 9.78 Å². The monoisotopic (exact) mass is 389 g/mol. The molecule has 6 nitrogen and oxygen atoms in total. The Hall–Kier alpha value is -2.15. The summed E-state index contributed by atoms with van der Waals surface area (Å²) < 4.78 is 6.39. The number of nitrogens with one attached hydrogen (secondary N) is 1. The van der Waals surface area contributed by atoms with Gasteiger partial charge in [0.2, 0.25) is 5.91 Å². The van der Waals surface area contributed by atoms with Crippen LogP contribution >= 0.6 is 11.3 Å². The molecule has 146 valence electrons. The molecule has 0 saturated carbocycles. The van der Waals surface area contributed by atoms with E-state index in [1.807, 2.05) is 43.9 Å². The van der Waals surface area contributed by atoms with Gasteiger partial charge in [0, 0.05) is 32.0 Å². The number of fused-ring (bicyclic) bond motifs is 1. The fraction of sp³-hybridized carbons (Fsp3) is 0.550. The highest BCUT2D eigenvalue weighted by Crippen LogP contribution is 2.33. The van der Waals surface area contributed by atoms with Crippen LogP contribution in [0.5, 0.6) is 0 Å². The largest absolute Gasteiger partial charge is 0.444 e. The number of amides is 2. The van der Waals surface area contributed by atoms with Crippen molar-refractivity contribution in [3.8, 4) is 0 Å². The number of alkyl carbamates (subject to hydrolysis) is 1. The van der Waals surface area contributed by atoms with Crippen LogP contribution in [0.2, 0.25) is 0 Å². The van der Waals surface area contributed by atoms with Crippen LogP contribution in [0.25, 0.3) is 10.2 Å². The minimum absolute atomic E-state index is 0.0776. The van der Waals surface area contributed by atoms with Gasteiger partial charge in [-0.05, 0) is 45.7 Å². The van der Waals surface area contributed by atoms with Crippen LogP contribution in [-0.4, -0.2) is 47.1 Å². The first-order valence-electron chi connectivity index (χ1n) is 9.42. The minimum atomic E-state index is -0.531. The number of hydrogen-bond donors (Lipinski definition) is 1. The van der Waals surface area contributed by atoms with Gasteiger partial charge in [-0.1, -0.05) is 12.1 Å². The topological polar surface area (TPSA) is 71.5 Å². The smallest absolute Gasteiger partial charge is 0.407 e. The Morgan fingerprint density at radius 1 is 1.26 bits per heavy atom. The SMILES string of the molecule is CC(C)(C)OC(=O)NCCC(=O)N1CCC(c2nc3ccccc3s2)CC1. The van der Waals surface area contributed by atoms with Gasteiger partial charge in [0.25, 0.3) is 0 Å². The van der Waals surface area contributed by atoms with Crippen molar-refractivity contribution in [1.82, 2.24) is 15.2 Å². The molecule has 1 aliphatic heterocycles. The Labute approximate surface area is 163 Å². The van der Waals surface area contributed by atoms with Crippen molar-refractivity contribution in [3.05, 3.63) is 29.3 Å². The zero-order valence-corrected chi connectivity index (χ0v) is 17.0. The third-order valence-corrected chi connectivity index (χ3v) is 5.71. The standard InChI is InChI=1S/C20H27N3O3S/c1-20(2,3)26-19(25)21-11-8-17(24)23-12-9-14(10-13-23)18-22-15-6-4-5-7-16(15)27-18/h4-7,14H,8-13H2,1-3H3,(H,21,25). The molecule has 1 fully saturated rings. The number of para-hydroxylation sites is 1. The number of ether oxygens (including phenoxy) is 1. The predicted octanol–water partition coefficient (Wildman–Crippen LogP) is 3.92. The summed E-state index contributed by atoms with van der Waals surface area (Å²) in [6, 6.07) is 8.20. The van der Waals surface area contributed by atoms with Crippen molar-refractivity contribution < 1.29 is 14.3 Å². The van der Waals surface area contributed by atoms with Crippen molar-refractivity contribution in [1.29, 1.82) is 0 Å². The van der Waals surface area contributed by atoms with E-state index in [0.29, 0.717) is 18.9 Å². The molecule has 2 heterocycles. The van der Waals surface area contributed by atoms with Crippen molar-refractivity contribution in [2.24, 2.45) is 0 Å². The van der Waals surface area contributed by atoms with Crippen LogP contribution in [0.4, 0.5) is 4.79 Å². The number of benzene rings is 1. The third-order valence-electron chi connectivity index (χ3n) is 4.51. The molecule has 0 spiro atoms. The first kappa shape index (κ1) is 19.6. The fourth-order valence-corrected chi connectivity index (χ4v) is 4.32. The first-order chi connectivity index (χ1) is 12.8. The van der Waals surface area contributed by atoms with E-state index in [0.717, 1.165) is 31.4 Å². The number of carbonyl (C=O) groups is 2. The Balaban J connectivity index is 1.43. The highest BCUT2D eigenvalue weighted by atomic mass is 32.1. The Morgan fingerprint density at radius 3 is 2.63 bits per heavy atom. The molecule has 3 rings (SSSR count). The number of thiazole rings is 1. The van der Waals surface area contributed by atoms with Crippen LogP contribution < -0.4 is 5.32 Å². The van der Waals surface area contributed by atoms with Gasteiger partial charge in [-0.15, -0.1) is 11.3 Å². The molecule has 2 aromatic rings. The third kappa shape index (κ3) is 5.42. The normalized spacial score (nSPS) is 15.7. The highest BCUT2D eigenvalue weighted by Gasteiger charge is 2.26. The summed E-state index contributed by atoms with van der Waals surface area (Å²) in [6.07, 6.45) is 1.69. The molecule has 0 unspecified atom stereocenters. The summed E-state index contributed by atoms with van der Waals surface area (Å²) in [5.41, 5.74) is 0.528. The van der Waals surface area contributed by atoms with E-state index in [-0.39, 0.29) is 5.91 Å². The predicted molar refractivity (Wildman–Crippen MR) is 107 cm³/mol. The number of aromatic nitrogens is 1. The summed E-state index contributed by atoms with van der Waals surface area (Å²) in [7, 11) is 0. The van der Waals surface area contributed by atoms with E-state index in [4.69, 9.17) is 9.72 Å². The van der Waals surface area contributed by atoms with Crippen molar-refractivity contribution in [2.75, 3.05) is 19.6 Å². The lowest BCUT2D eigenvalue weighted by Crippen LogP contribution is -2.40. The molecule has 1 N–H and O–H groups in total. The molecule has 27 heavy (non-hydrogen) atoms. The number of carbonyl (C=O) groups excluding carboxylic acids is 2. The summed E-state index contributed by atoms with van der Waals surface area (Å²) in [5, 5.41) is 3.82. The van der Waals surface area contributed by atoms with E-state index < -0.39 is 11.7 Å². The molecule has 7 heteroatoms. The molecule has 1 aromatic carbocycles. The summed E-state index contributed by atoms with van der Waals surface area (Å²) >= 11 is 1.76. The lowest BCUT2D eigenvalue weighted by molar-refractivity contribution is -0.132. The van der Waals surface area contributed by atoms with E-state index in [2.05, 4.69) is 11.4 Å². The maximum Gasteiger partial charge on any atom is 0.407 e. The minimum Gasteiger partial charge on any atom is -0.444 e. The lowest BCUT2D eigenvalue weighted by atomic mass is 9.97. The summed E-state index contributed by atoms with van der Waals surface area (Å²) in [6.45, 7) is 7.22. The second kappa shape index (κ2) is 8.25. The highest BCUT2D eigenvalue weighted by molar-refractivity contribution is 7.18. The lowest BCUT2D eigenvalue weighted by Gasteiger charge is -2.31. The van der Waals surface area contributed by atoms with Crippen molar-refractivity contribution in [3.63, 3.8) is 0 Å². The molecule has 1 saturated heterocycles. The molecule has 0 radical (unpaired) electrons. The van der Waals surface area contributed by atoms with Gasteiger partial charge in [0.05, 0.1) is 15.2 Å². The number of likely N-dealkylation sites (tertiary alicyclic amines) is 1. The molecule has 2 amide bonds.